The van der Waals surface area contributed by atoms with Crippen molar-refractivity contribution in [1.29, 1.82) is 0 Å². The summed E-state index contributed by atoms with van der Waals surface area (Å²) in [6.07, 6.45) is 1.24. The van der Waals surface area contributed by atoms with Gasteiger partial charge in [-0.15, -0.1) is 0 Å². The minimum atomic E-state index is 0.153. The summed E-state index contributed by atoms with van der Waals surface area (Å²) in [6, 6.07) is 16.9. The number of para-hydroxylation sites is 1. The molecule has 0 fully saturated rings. The second kappa shape index (κ2) is 5.68. The number of rotatable bonds is 4. The van der Waals surface area contributed by atoms with Gasteiger partial charge in [-0.2, -0.15) is 0 Å². The fourth-order valence-electron chi connectivity index (χ4n) is 3.07. The van der Waals surface area contributed by atoms with Crippen LogP contribution in [-0.4, -0.2) is 13.6 Å². The molecule has 0 radical (unpaired) electrons. The number of hydrogen-bond acceptors (Lipinski definition) is 2. The Morgan fingerprint density at radius 1 is 1.10 bits per heavy atom. The third kappa shape index (κ3) is 2.44. The van der Waals surface area contributed by atoms with Crippen molar-refractivity contribution in [2.75, 3.05) is 13.6 Å². The molecule has 1 N–H and O–H groups in total. The van der Waals surface area contributed by atoms with E-state index in [1.165, 1.54) is 16.7 Å². The van der Waals surface area contributed by atoms with Gasteiger partial charge in [-0.3, -0.25) is 0 Å². The Balaban J connectivity index is 1.91. The number of benzene rings is 2. The van der Waals surface area contributed by atoms with Gasteiger partial charge in [0.1, 0.15) is 11.9 Å². The molecule has 0 aliphatic heterocycles. The Hall–Kier alpha value is -1.80. The smallest absolute Gasteiger partial charge is 0.128 e. The fourth-order valence-corrected chi connectivity index (χ4v) is 3.07. The molecule has 2 aromatic rings. The molecule has 0 spiro atoms. The van der Waals surface area contributed by atoms with Crippen LogP contribution in [0.3, 0.4) is 0 Å². The highest BCUT2D eigenvalue weighted by Crippen LogP contribution is 2.39. The molecule has 0 bridgehead atoms. The van der Waals surface area contributed by atoms with Crippen molar-refractivity contribution in [3.8, 4) is 5.75 Å². The second-order valence-corrected chi connectivity index (χ2v) is 5.52. The molecule has 0 saturated carbocycles. The topological polar surface area (TPSA) is 21.3 Å². The Labute approximate surface area is 120 Å². The van der Waals surface area contributed by atoms with Gasteiger partial charge in [0.2, 0.25) is 0 Å². The number of fused-ring (bicyclic) bond motifs is 1. The summed E-state index contributed by atoms with van der Waals surface area (Å²) in [6.45, 7) is 3.08. The molecule has 2 nitrogen and oxygen atoms in total. The van der Waals surface area contributed by atoms with E-state index >= 15 is 0 Å². The lowest BCUT2D eigenvalue weighted by molar-refractivity contribution is 0.148. The average Bonchev–Trinajstić information content (AvgIpc) is 2.80. The van der Waals surface area contributed by atoms with Crippen LogP contribution in [0.4, 0.5) is 0 Å². The van der Waals surface area contributed by atoms with Gasteiger partial charge in [0.05, 0.1) is 0 Å². The van der Waals surface area contributed by atoms with Crippen LogP contribution < -0.4 is 10.1 Å². The van der Waals surface area contributed by atoms with Gasteiger partial charge in [-0.1, -0.05) is 42.5 Å². The number of hydrogen-bond donors (Lipinski definition) is 1. The zero-order valence-electron chi connectivity index (χ0n) is 12.1. The first-order valence-electron chi connectivity index (χ1n) is 7.24. The van der Waals surface area contributed by atoms with Gasteiger partial charge in [-0.25, -0.2) is 0 Å². The molecule has 0 saturated heterocycles. The molecule has 1 aliphatic rings. The molecule has 0 amide bonds. The van der Waals surface area contributed by atoms with Gasteiger partial charge >= 0.3 is 0 Å². The van der Waals surface area contributed by atoms with E-state index in [-0.39, 0.29) is 6.10 Å². The molecular formula is C18H21NO. The zero-order chi connectivity index (χ0) is 13.9. The van der Waals surface area contributed by atoms with Gasteiger partial charge in [-0.05, 0) is 43.1 Å². The maximum Gasteiger partial charge on any atom is 0.128 e. The van der Waals surface area contributed by atoms with Gasteiger partial charge in [0.15, 0.2) is 0 Å². The summed E-state index contributed by atoms with van der Waals surface area (Å²) >= 11 is 0. The largest absolute Gasteiger partial charge is 0.485 e. The third-order valence-electron chi connectivity index (χ3n) is 4.09. The maximum absolute atomic E-state index is 6.36. The second-order valence-electron chi connectivity index (χ2n) is 5.52. The first kappa shape index (κ1) is 13.2. The van der Waals surface area contributed by atoms with Crippen molar-refractivity contribution < 1.29 is 4.74 Å². The van der Waals surface area contributed by atoms with Crippen molar-refractivity contribution in [2.24, 2.45) is 5.92 Å². The van der Waals surface area contributed by atoms with Crippen molar-refractivity contribution in [3.63, 3.8) is 0 Å². The summed E-state index contributed by atoms with van der Waals surface area (Å²) in [5.74, 6) is 1.49. The predicted octanol–water partition coefficient (Wildman–Crippen LogP) is 3.51. The predicted molar refractivity (Wildman–Crippen MR) is 82.1 cm³/mol. The Kier molecular flexibility index (Phi) is 3.75. The lowest BCUT2D eigenvalue weighted by atomic mass is 10.0. The van der Waals surface area contributed by atoms with Crippen molar-refractivity contribution in [1.82, 2.24) is 5.32 Å². The van der Waals surface area contributed by atoms with Gasteiger partial charge < -0.3 is 10.1 Å². The molecule has 3 rings (SSSR count). The fraction of sp³-hybridized carbons (Fsp3) is 0.333. The van der Waals surface area contributed by atoms with E-state index in [4.69, 9.17) is 4.74 Å². The van der Waals surface area contributed by atoms with E-state index in [9.17, 15) is 0 Å². The highest BCUT2D eigenvalue weighted by molar-refractivity contribution is 5.38. The summed E-state index contributed by atoms with van der Waals surface area (Å²) in [4.78, 5) is 0. The summed E-state index contributed by atoms with van der Waals surface area (Å²) in [7, 11) is 2.01. The average molecular weight is 267 g/mol. The highest BCUT2D eigenvalue weighted by Gasteiger charge is 2.33. The van der Waals surface area contributed by atoms with Crippen LogP contribution in [0.15, 0.2) is 48.5 Å². The van der Waals surface area contributed by atoms with Crippen LogP contribution in [-0.2, 0) is 6.42 Å². The van der Waals surface area contributed by atoms with Crippen LogP contribution >= 0.6 is 0 Å². The van der Waals surface area contributed by atoms with Crippen LogP contribution in [0, 0.1) is 12.8 Å². The number of aryl methyl sites for hydroxylation is 1. The monoisotopic (exact) mass is 267 g/mol. The van der Waals surface area contributed by atoms with Gasteiger partial charge in [0, 0.05) is 12.5 Å². The Bertz CT molecular complexity index is 593. The normalized spacial score (nSPS) is 20.7. The molecule has 2 atom stereocenters. The maximum atomic E-state index is 6.36. The molecule has 1 aliphatic carbocycles. The molecule has 0 unspecified atom stereocenters. The van der Waals surface area contributed by atoms with Crippen molar-refractivity contribution >= 4 is 0 Å². The highest BCUT2D eigenvalue weighted by atomic mass is 16.5. The van der Waals surface area contributed by atoms with Crippen molar-refractivity contribution in [3.05, 3.63) is 65.2 Å². The Morgan fingerprint density at radius 3 is 2.65 bits per heavy atom. The quantitative estimate of drug-likeness (QED) is 0.915. The van der Waals surface area contributed by atoms with E-state index in [2.05, 4.69) is 54.7 Å². The molecule has 20 heavy (non-hydrogen) atoms. The van der Waals surface area contributed by atoms with Gasteiger partial charge in [0.25, 0.3) is 0 Å². The minimum Gasteiger partial charge on any atom is -0.485 e. The van der Waals surface area contributed by atoms with E-state index < -0.39 is 0 Å². The standard InChI is InChI=1S/C18H21NO/c1-13-7-3-6-10-17(13)20-18-15(12-19-2)11-14-8-4-5-9-16(14)18/h3-10,15,18-19H,11-12H2,1-2H3/t15-,18-/m1/s1. The lowest BCUT2D eigenvalue weighted by Crippen LogP contribution is -2.25. The summed E-state index contributed by atoms with van der Waals surface area (Å²) in [5.41, 5.74) is 3.96. The van der Waals surface area contributed by atoms with E-state index in [0.29, 0.717) is 5.92 Å². The molecule has 0 heterocycles. The first-order chi connectivity index (χ1) is 9.79. The van der Waals surface area contributed by atoms with Crippen molar-refractivity contribution in [2.45, 2.75) is 19.4 Å². The molecule has 0 aromatic heterocycles. The zero-order valence-corrected chi connectivity index (χ0v) is 12.1. The lowest BCUT2D eigenvalue weighted by Gasteiger charge is -2.23. The molecule has 104 valence electrons. The van der Waals surface area contributed by atoms with E-state index in [0.717, 1.165) is 18.7 Å². The minimum absolute atomic E-state index is 0.153. The third-order valence-corrected chi connectivity index (χ3v) is 4.09. The van der Waals surface area contributed by atoms with Crippen LogP contribution in [0.1, 0.15) is 22.8 Å². The SMILES string of the molecule is CNC[C@H]1Cc2ccccc2[C@@H]1Oc1ccccc1C. The van der Waals surface area contributed by atoms with Crippen LogP contribution in [0.2, 0.25) is 0 Å². The molecular weight excluding hydrogens is 246 g/mol. The van der Waals surface area contributed by atoms with E-state index in [1.807, 2.05) is 13.1 Å². The first-order valence-corrected chi connectivity index (χ1v) is 7.24. The summed E-state index contributed by atoms with van der Waals surface area (Å²) in [5, 5.41) is 3.29. The summed E-state index contributed by atoms with van der Waals surface area (Å²) < 4.78 is 6.36. The molecule has 2 heteroatoms. The number of nitrogens with one attached hydrogen (secondary N) is 1. The van der Waals surface area contributed by atoms with E-state index in [1.54, 1.807) is 0 Å². The van der Waals surface area contributed by atoms with Crippen LogP contribution in [0.25, 0.3) is 0 Å². The van der Waals surface area contributed by atoms with Crippen LogP contribution in [0.5, 0.6) is 5.75 Å². The Morgan fingerprint density at radius 2 is 1.85 bits per heavy atom. The molecule has 2 aromatic carbocycles. The number of ether oxygens (including phenoxy) is 1.